The lowest BCUT2D eigenvalue weighted by Crippen LogP contribution is -2.07. The molecule has 0 radical (unpaired) electrons. The van der Waals surface area contributed by atoms with E-state index in [9.17, 15) is 0 Å². The maximum atomic E-state index is 5.25. The molecule has 1 heterocycles. The lowest BCUT2D eigenvalue weighted by Gasteiger charge is -2.15. The highest BCUT2D eigenvalue weighted by molar-refractivity contribution is 8.00. The molecule has 0 N–H and O–H groups in total. The van der Waals surface area contributed by atoms with Crippen molar-refractivity contribution in [3.8, 4) is 5.75 Å². The van der Waals surface area contributed by atoms with Crippen LogP contribution >= 0.6 is 24.2 Å². The van der Waals surface area contributed by atoms with Crippen LogP contribution in [0.15, 0.2) is 58.4 Å². The Kier molecular flexibility index (Phi) is 4.51. The van der Waals surface area contributed by atoms with E-state index in [2.05, 4.69) is 24.3 Å². The van der Waals surface area contributed by atoms with Crippen molar-refractivity contribution in [2.45, 2.75) is 4.90 Å². The molecule has 2 aromatic carbocycles. The van der Waals surface area contributed by atoms with Gasteiger partial charge < -0.3 is 4.74 Å². The summed E-state index contributed by atoms with van der Waals surface area (Å²) in [6, 6.07) is 16.3. The van der Waals surface area contributed by atoms with Gasteiger partial charge in [0.25, 0.3) is 0 Å². The molecule has 0 spiro atoms. The molecular weight excluding hydrogens is 278 g/mol. The number of rotatable bonds is 2. The molecule has 0 aromatic heterocycles. The van der Waals surface area contributed by atoms with Gasteiger partial charge in [-0.3, -0.25) is 4.99 Å². The first kappa shape index (κ1) is 14.0. The van der Waals surface area contributed by atoms with Gasteiger partial charge in [-0.25, -0.2) is 0 Å². The molecule has 98 valence electrons. The van der Waals surface area contributed by atoms with Gasteiger partial charge in [-0.15, -0.1) is 24.2 Å². The molecule has 2 nitrogen and oxygen atoms in total. The van der Waals surface area contributed by atoms with Crippen LogP contribution in [0.5, 0.6) is 5.75 Å². The first-order chi connectivity index (χ1) is 8.86. The number of methoxy groups -OCH3 is 1. The summed E-state index contributed by atoms with van der Waals surface area (Å²) >= 11 is 1.83. The molecule has 0 fully saturated rings. The van der Waals surface area contributed by atoms with Crippen molar-refractivity contribution < 1.29 is 4.74 Å². The number of halogens is 1. The lowest BCUT2D eigenvalue weighted by atomic mass is 10.1. The minimum absolute atomic E-state index is 0. The van der Waals surface area contributed by atoms with Crippen molar-refractivity contribution in [2.75, 3.05) is 12.9 Å². The number of hydrogen-bond donors (Lipinski definition) is 0. The number of thioether (sulfide) groups is 1. The molecular formula is C15H14ClNOS. The van der Waals surface area contributed by atoms with Crippen LogP contribution in [0.4, 0.5) is 5.69 Å². The van der Waals surface area contributed by atoms with Gasteiger partial charge in [0.2, 0.25) is 0 Å². The Morgan fingerprint density at radius 3 is 2.79 bits per heavy atom. The van der Waals surface area contributed by atoms with Crippen LogP contribution in [0.1, 0.15) is 5.56 Å². The summed E-state index contributed by atoms with van der Waals surface area (Å²) in [5, 5.41) is 0. The van der Waals surface area contributed by atoms with Crippen LogP contribution in [-0.4, -0.2) is 18.6 Å². The van der Waals surface area contributed by atoms with E-state index < -0.39 is 0 Å². The van der Waals surface area contributed by atoms with Crippen molar-refractivity contribution in [3.05, 3.63) is 54.1 Å². The largest absolute Gasteiger partial charge is 0.497 e. The van der Waals surface area contributed by atoms with Gasteiger partial charge >= 0.3 is 0 Å². The summed E-state index contributed by atoms with van der Waals surface area (Å²) in [7, 11) is 1.69. The van der Waals surface area contributed by atoms with Crippen molar-refractivity contribution in [1.29, 1.82) is 0 Å². The van der Waals surface area contributed by atoms with E-state index in [1.807, 2.05) is 36.0 Å². The van der Waals surface area contributed by atoms with Crippen molar-refractivity contribution in [3.63, 3.8) is 0 Å². The summed E-state index contributed by atoms with van der Waals surface area (Å²) in [6.07, 6.45) is 0. The molecule has 4 heteroatoms. The van der Waals surface area contributed by atoms with Gasteiger partial charge in [0, 0.05) is 16.2 Å². The second-order valence-corrected chi connectivity index (χ2v) is 5.06. The predicted molar refractivity (Wildman–Crippen MR) is 83.6 cm³/mol. The summed E-state index contributed by atoms with van der Waals surface area (Å²) in [5.74, 6) is 1.78. The zero-order chi connectivity index (χ0) is 12.4. The molecule has 0 aliphatic carbocycles. The van der Waals surface area contributed by atoms with E-state index in [4.69, 9.17) is 9.73 Å². The molecule has 1 aliphatic rings. The second-order valence-electron chi connectivity index (χ2n) is 4.05. The highest BCUT2D eigenvalue weighted by Gasteiger charge is 2.13. The maximum absolute atomic E-state index is 5.25. The Labute approximate surface area is 123 Å². The zero-order valence-electron chi connectivity index (χ0n) is 10.5. The monoisotopic (exact) mass is 291 g/mol. The molecule has 2 aromatic rings. The van der Waals surface area contributed by atoms with Crippen LogP contribution < -0.4 is 4.74 Å². The third-order valence-corrected chi connectivity index (χ3v) is 3.96. The fourth-order valence-electron chi connectivity index (χ4n) is 1.95. The molecule has 19 heavy (non-hydrogen) atoms. The van der Waals surface area contributed by atoms with Crippen LogP contribution in [0.2, 0.25) is 0 Å². The number of hydrogen-bond acceptors (Lipinski definition) is 3. The molecule has 0 saturated carbocycles. The van der Waals surface area contributed by atoms with E-state index in [1.54, 1.807) is 7.11 Å². The standard InChI is InChI=1S/C15H13NOS.ClH/c1-17-12-6-4-5-11(9-12)14-10-18-15-8-3-2-7-13(15)16-14;/h2-9H,10H2,1H3;1H. The van der Waals surface area contributed by atoms with Crippen molar-refractivity contribution >= 4 is 35.6 Å². The number of aliphatic imine (C=N–C) groups is 1. The van der Waals surface area contributed by atoms with E-state index in [-0.39, 0.29) is 12.4 Å². The fraction of sp³-hybridized carbons (Fsp3) is 0.133. The quantitative estimate of drug-likeness (QED) is 0.821. The van der Waals surface area contributed by atoms with Crippen LogP contribution in [0.3, 0.4) is 0 Å². The number of nitrogens with zero attached hydrogens (tertiary/aromatic N) is 1. The summed E-state index contributed by atoms with van der Waals surface area (Å²) < 4.78 is 5.25. The fourth-order valence-corrected chi connectivity index (χ4v) is 2.91. The second kappa shape index (κ2) is 6.13. The van der Waals surface area contributed by atoms with E-state index in [1.165, 1.54) is 4.90 Å². The number of para-hydroxylation sites is 1. The molecule has 1 aliphatic heterocycles. The van der Waals surface area contributed by atoms with Gasteiger partial charge in [-0.05, 0) is 24.3 Å². The number of ether oxygens (including phenoxy) is 1. The van der Waals surface area contributed by atoms with Crippen LogP contribution in [0, 0.1) is 0 Å². The average molecular weight is 292 g/mol. The summed E-state index contributed by atoms with van der Waals surface area (Å²) in [6.45, 7) is 0. The van der Waals surface area contributed by atoms with Crippen LogP contribution in [0.25, 0.3) is 0 Å². The van der Waals surface area contributed by atoms with Gasteiger partial charge in [0.15, 0.2) is 0 Å². The van der Waals surface area contributed by atoms with E-state index in [0.717, 1.165) is 28.5 Å². The Balaban J connectivity index is 0.00000133. The normalized spacial score (nSPS) is 13.0. The van der Waals surface area contributed by atoms with Gasteiger partial charge in [-0.2, -0.15) is 0 Å². The minimum Gasteiger partial charge on any atom is -0.497 e. The lowest BCUT2D eigenvalue weighted by molar-refractivity contribution is 0.414. The molecule has 3 rings (SSSR count). The maximum Gasteiger partial charge on any atom is 0.119 e. The SMILES string of the molecule is COc1cccc(C2=Nc3ccccc3SC2)c1.Cl. The average Bonchev–Trinajstić information content (AvgIpc) is 2.47. The first-order valence-electron chi connectivity index (χ1n) is 5.80. The Hall–Kier alpha value is -1.45. The third-order valence-electron chi connectivity index (χ3n) is 2.89. The van der Waals surface area contributed by atoms with Crippen LogP contribution in [-0.2, 0) is 0 Å². The molecule has 0 bridgehead atoms. The number of fused-ring (bicyclic) bond motifs is 1. The van der Waals surface area contributed by atoms with Gasteiger partial charge in [-0.1, -0.05) is 24.3 Å². The highest BCUT2D eigenvalue weighted by Crippen LogP contribution is 2.34. The zero-order valence-corrected chi connectivity index (χ0v) is 12.1. The minimum atomic E-state index is 0. The first-order valence-corrected chi connectivity index (χ1v) is 6.79. The highest BCUT2D eigenvalue weighted by atomic mass is 35.5. The van der Waals surface area contributed by atoms with Crippen molar-refractivity contribution in [1.82, 2.24) is 0 Å². The molecule has 0 atom stereocenters. The Morgan fingerprint density at radius 2 is 1.95 bits per heavy atom. The number of benzene rings is 2. The smallest absolute Gasteiger partial charge is 0.119 e. The van der Waals surface area contributed by atoms with Gasteiger partial charge in [0.1, 0.15) is 5.75 Å². The Bertz CT molecular complexity index is 613. The Morgan fingerprint density at radius 1 is 1.11 bits per heavy atom. The molecule has 0 amide bonds. The third kappa shape index (κ3) is 2.94. The summed E-state index contributed by atoms with van der Waals surface area (Å²) in [4.78, 5) is 5.99. The molecule has 0 unspecified atom stereocenters. The van der Waals surface area contributed by atoms with E-state index >= 15 is 0 Å². The van der Waals surface area contributed by atoms with Gasteiger partial charge in [0.05, 0.1) is 18.5 Å². The predicted octanol–water partition coefficient (Wildman–Crippen LogP) is 4.34. The summed E-state index contributed by atoms with van der Waals surface area (Å²) in [5.41, 5.74) is 3.31. The van der Waals surface area contributed by atoms with Crippen molar-refractivity contribution in [2.24, 2.45) is 4.99 Å². The topological polar surface area (TPSA) is 21.6 Å². The molecule has 0 saturated heterocycles. The van der Waals surface area contributed by atoms with E-state index in [0.29, 0.717) is 0 Å².